The third kappa shape index (κ3) is 5.37. The van der Waals surface area contributed by atoms with Crippen molar-refractivity contribution >= 4 is 43.7 Å². The number of rotatable bonds is 6. The zero-order chi connectivity index (χ0) is 37.0. The van der Waals surface area contributed by atoms with Crippen LogP contribution in [0.4, 0.5) is 0 Å². The molecule has 5 nitrogen and oxygen atoms in total. The molecule has 3 heterocycles. The first-order valence-electron chi connectivity index (χ1n) is 18.8. The fourth-order valence-electron chi connectivity index (χ4n) is 7.97. The molecule has 0 atom stereocenters. The second-order valence-corrected chi connectivity index (χ2v) is 14.0. The Morgan fingerprint density at radius 1 is 0.339 bits per heavy atom. The van der Waals surface area contributed by atoms with E-state index in [1.54, 1.807) is 0 Å². The minimum atomic E-state index is 0.614. The van der Waals surface area contributed by atoms with E-state index in [1.807, 2.05) is 48.5 Å². The van der Waals surface area contributed by atoms with E-state index in [4.69, 9.17) is 19.4 Å². The predicted molar refractivity (Wildman–Crippen MR) is 229 cm³/mol. The Hall–Kier alpha value is -7.63. The SMILES string of the molecule is c1ccc(-c2ccc(-c3nc(-c4ccccc4)nc(-c4ccc5c6cccc(-c7ccc8c(c7)oc7ccccc78)c6n(-c6ccccc6)c5c4)n3)cc2)cc1. The van der Waals surface area contributed by atoms with Crippen molar-refractivity contribution in [2.75, 3.05) is 0 Å². The first-order valence-corrected chi connectivity index (χ1v) is 18.8. The second-order valence-electron chi connectivity index (χ2n) is 14.0. The van der Waals surface area contributed by atoms with Crippen LogP contribution in [0.3, 0.4) is 0 Å². The molecule has 0 aliphatic rings. The van der Waals surface area contributed by atoms with E-state index >= 15 is 0 Å². The van der Waals surface area contributed by atoms with E-state index in [0.29, 0.717) is 17.5 Å². The third-order valence-corrected chi connectivity index (χ3v) is 10.7. The number of hydrogen-bond donors (Lipinski definition) is 0. The maximum atomic E-state index is 6.35. The maximum absolute atomic E-state index is 6.35. The van der Waals surface area contributed by atoms with Crippen LogP contribution in [0, 0.1) is 0 Å². The Labute approximate surface area is 322 Å². The minimum absolute atomic E-state index is 0.614. The van der Waals surface area contributed by atoms with Crippen molar-refractivity contribution in [2.45, 2.75) is 0 Å². The normalized spacial score (nSPS) is 11.6. The van der Waals surface area contributed by atoms with Gasteiger partial charge >= 0.3 is 0 Å². The molecule has 11 aromatic rings. The molecule has 0 aliphatic carbocycles. The summed E-state index contributed by atoms with van der Waals surface area (Å²) >= 11 is 0. The molecule has 56 heavy (non-hydrogen) atoms. The molecule has 0 saturated carbocycles. The Bertz CT molecular complexity index is 3220. The van der Waals surface area contributed by atoms with E-state index in [9.17, 15) is 0 Å². The van der Waals surface area contributed by atoms with Gasteiger partial charge in [-0.05, 0) is 53.1 Å². The van der Waals surface area contributed by atoms with Crippen LogP contribution < -0.4 is 0 Å². The Morgan fingerprint density at radius 3 is 1.61 bits per heavy atom. The topological polar surface area (TPSA) is 56.7 Å². The van der Waals surface area contributed by atoms with Gasteiger partial charge < -0.3 is 8.98 Å². The number of benzene rings is 8. The van der Waals surface area contributed by atoms with Crippen LogP contribution >= 0.6 is 0 Å². The molecule has 0 aliphatic heterocycles. The molecule has 11 rings (SSSR count). The average molecular weight is 717 g/mol. The Balaban J connectivity index is 1.11. The highest BCUT2D eigenvalue weighted by Crippen LogP contribution is 2.41. The Morgan fingerprint density at radius 2 is 0.857 bits per heavy atom. The summed E-state index contributed by atoms with van der Waals surface area (Å²) in [6.45, 7) is 0. The largest absolute Gasteiger partial charge is 0.456 e. The van der Waals surface area contributed by atoms with Crippen molar-refractivity contribution in [3.05, 3.63) is 194 Å². The molecular weight excluding hydrogens is 685 g/mol. The molecule has 8 aromatic carbocycles. The van der Waals surface area contributed by atoms with Gasteiger partial charge in [0.05, 0.1) is 11.0 Å². The van der Waals surface area contributed by atoms with Gasteiger partial charge in [-0.1, -0.05) is 158 Å². The van der Waals surface area contributed by atoms with Gasteiger partial charge in [0, 0.05) is 49.5 Å². The van der Waals surface area contributed by atoms with Crippen LogP contribution in [0.2, 0.25) is 0 Å². The van der Waals surface area contributed by atoms with Crippen molar-refractivity contribution in [3.8, 4) is 62.1 Å². The first-order chi connectivity index (χ1) is 27.7. The number of nitrogens with zero attached hydrogens (tertiary/aromatic N) is 4. The van der Waals surface area contributed by atoms with Crippen molar-refractivity contribution < 1.29 is 4.42 Å². The molecular formula is C51H32N4O. The van der Waals surface area contributed by atoms with E-state index < -0.39 is 0 Å². The zero-order valence-corrected chi connectivity index (χ0v) is 30.2. The number of hydrogen-bond acceptors (Lipinski definition) is 4. The smallest absolute Gasteiger partial charge is 0.164 e. The highest BCUT2D eigenvalue weighted by Gasteiger charge is 2.20. The van der Waals surface area contributed by atoms with Gasteiger partial charge in [-0.15, -0.1) is 0 Å². The van der Waals surface area contributed by atoms with E-state index in [0.717, 1.165) is 82.8 Å². The van der Waals surface area contributed by atoms with Crippen LogP contribution in [-0.4, -0.2) is 19.5 Å². The van der Waals surface area contributed by atoms with Crippen LogP contribution in [0.25, 0.3) is 106 Å². The van der Waals surface area contributed by atoms with Crippen LogP contribution in [0.5, 0.6) is 0 Å². The highest BCUT2D eigenvalue weighted by atomic mass is 16.3. The number of fused-ring (bicyclic) bond motifs is 6. The summed E-state index contributed by atoms with van der Waals surface area (Å²) in [5, 5.41) is 4.55. The van der Waals surface area contributed by atoms with Crippen LogP contribution in [-0.2, 0) is 0 Å². The first kappa shape index (κ1) is 31.9. The molecule has 3 aromatic heterocycles. The van der Waals surface area contributed by atoms with Gasteiger partial charge in [-0.2, -0.15) is 0 Å². The standard InChI is InChI=1S/C51H32N4O/c1-4-13-33(14-5-1)34-23-25-36(26-24-34)50-52-49(35-15-6-2-7-16-35)53-51(54-50)38-28-29-41-44-21-12-20-40(48(44)55(45(41)31-38)39-17-8-3-9-18-39)37-27-30-43-42-19-10-11-22-46(42)56-47(43)32-37/h1-32H. The number of aromatic nitrogens is 4. The zero-order valence-electron chi connectivity index (χ0n) is 30.2. The lowest BCUT2D eigenvalue weighted by Gasteiger charge is -2.12. The highest BCUT2D eigenvalue weighted by molar-refractivity contribution is 6.15. The molecule has 0 amide bonds. The minimum Gasteiger partial charge on any atom is -0.456 e. The number of para-hydroxylation sites is 3. The monoisotopic (exact) mass is 716 g/mol. The van der Waals surface area contributed by atoms with Gasteiger partial charge in [-0.25, -0.2) is 15.0 Å². The van der Waals surface area contributed by atoms with Crippen molar-refractivity contribution in [3.63, 3.8) is 0 Å². The summed E-state index contributed by atoms with van der Waals surface area (Å²) in [4.78, 5) is 15.2. The average Bonchev–Trinajstić information content (AvgIpc) is 3.82. The molecule has 0 bridgehead atoms. The maximum Gasteiger partial charge on any atom is 0.164 e. The lowest BCUT2D eigenvalue weighted by atomic mass is 10.0. The molecule has 0 N–H and O–H groups in total. The molecule has 0 fully saturated rings. The fourth-order valence-corrected chi connectivity index (χ4v) is 7.97. The summed E-state index contributed by atoms with van der Waals surface area (Å²) < 4.78 is 8.72. The molecule has 0 radical (unpaired) electrons. The van der Waals surface area contributed by atoms with E-state index in [2.05, 4.69) is 150 Å². The lowest BCUT2D eigenvalue weighted by Crippen LogP contribution is -2.00. The van der Waals surface area contributed by atoms with E-state index in [1.165, 1.54) is 5.56 Å². The van der Waals surface area contributed by atoms with Crippen LogP contribution in [0.1, 0.15) is 0 Å². The molecule has 262 valence electrons. The molecule has 5 heteroatoms. The Kier molecular flexibility index (Phi) is 7.42. The summed E-state index contributed by atoms with van der Waals surface area (Å²) in [7, 11) is 0. The van der Waals surface area contributed by atoms with Gasteiger partial charge in [0.1, 0.15) is 11.2 Å². The summed E-state index contributed by atoms with van der Waals surface area (Å²) in [6.07, 6.45) is 0. The summed E-state index contributed by atoms with van der Waals surface area (Å²) in [5.74, 6) is 1.87. The quantitative estimate of drug-likeness (QED) is 0.172. The fraction of sp³-hybridized carbons (Fsp3) is 0. The predicted octanol–water partition coefficient (Wildman–Crippen LogP) is 13.2. The van der Waals surface area contributed by atoms with Crippen LogP contribution in [0.15, 0.2) is 199 Å². The van der Waals surface area contributed by atoms with Gasteiger partial charge in [0.2, 0.25) is 0 Å². The molecule has 0 saturated heterocycles. The molecule has 0 unspecified atom stereocenters. The number of furan rings is 1. The third-order valence-electron chi connectivity index (χ3n) is 10.7. The lowest BCUT2D eigenvalue weighted by molar-refractivity contribution is 0.669. The molecule has 0 spiro atoms. The van der Waals surface area contributed by atoms with Gasteiger partial charge in [-0.3, -0.25) is 0 Å². The summed E-state index contributed by atoms with van der Waals surface area (Å²) in [6, 6.07) is 67.5. The second kappa shape index (κ2) is 13.0. The summed E-state index contributed by atoms with van der Waals surface area (Å²) in [5.41, 5.74) is 12.3. The van der Waals surface area contributed by atoms with E-state index in [-0.39, 0.29) is 0 Å². The van der Waals surface area contributed by atoms with Crippen molar-refractivity contribution in [2.24, 2.45) is 0 Å². The van der Waals surface area contributed by atoms with Crippen molar-refractivity contribution in [1.29, 1.82) is 0 Å². The van der Waals surface area contributed by atoms with Gasteiger partial charge in [0.25, 0.3) is 0 Å². The van der Waals surface area contributed by atoms with Gasteiger partial charge in [0.15, 0.2) is 17.5 Å². The van der Waals surface area contributed by atoms with Crippen molar-refractivity contribution in [1.82, 2.24) is 19.5 Å².